The summed E-state index contributed by atoms with van der Waals surface area (Å²) < 4.78 is 0. The number of carboxylic acids is 1. The summed E-state index contributed by atoms with van der Waals surface area (Å²) in [7, 11) is 0. The Labute approximate surface area is 91.7 Å². The summed E-state index contributed by atoms with van der Waals surface area (Å²) in [4.78, 5) is 14.3. The summed E-state index contributed by atoms with van der Waals surface area (Å²) in [5.41, 5.74) is 0.779. The van der Waals surface area contributed by atoms with E-state index in [-0.39, 0.29) is 17.5 Å². The van der Waals surface area contributed by atoms with E-state index < -0.39 is 5.97 Å². The van der Waals surface area contributed by atoms with Crippen molar-refractivity contribution in [1.29, 1.82) is 0 Å². The fraction of sp³-hybridized carbons (Fsp3) is 0.333. The molecular weight excluding hydrogens is 225 g/mol. The standard InChI is InChI=1S/C9H9Cl2NO2/c1-5(2-8(13)14)6-3-7(10)9(11)12-4-6/h3-5H,2H2,1H3,(H,13,14). The third-order valence-electron chi connectivity index (χ3n) is 1.87. The molecule has 0 saturated heterocycles. The average molecular weight is 234 g/mol. The van der Waals surface area contributed by atoms with Crippen molar-refractivity contribution in [2.75, 3.05) is 0 Å². The summed E-state index contributed by atoms with van der Waals surface area (Å²) >= 11 is 11.4. The van der Waals surface area contributed by atoms with Crippen LogP contribution in [0.3, 0.4) is 0 Å². The second kappa shape index (κ2) is 4.62. The van der Waals surface area contributed by atoms with Gasteiger partial charge in [0.1, 0.15) is 5.15 Å². The molecule has 1 aromatic rings. The molecule has 0 aliphatic heterocycles. The summed E-state index contributed by atoms with van der Waals surface area (Å²) in [6, 6.07) is 1.64. The third kappa shape index (κ3) is 2.86. The first-order valence-corrected chi connectivity index (χ1v) is 4.79. The molecule has 0 amide bonds. The quantitative estimate of drug-likeness (QED) is 0.818. The van der Waals surface area contributed by atoms with Crippen LogP contribution in [0.25, 0.3) is 0 Å². The van der Waals surface area contributed by atoms with Crippen LogP contribution in [-0.2, 0) is 4.79 Å². The first-order valence-electron chi connectivity index (χ1n) is 4.03. The minimum atomic E-state index is -0.844. The Bertz CT molecular complexity index is 355. The van der Waals surface area contributed by atoms with Crippen molar-refractivity contribution in [3.8, 4) is 0 Å². The normalized spacial score (nSPS) is 12.5. The Morgan fingerprint density at radius 1 is 1.64 bits per heavy atom. The highest BCUT2D eigenvalue weighted by atomic mass is 35.5. The topological polar surface area (TPSA) is 50.2 Å². The maximum absolute atomic E-state index is 10.5. The molecule has 0 aromatic carbocycles. The number of carboxylic acid groups (broad SMARTS) is 1. The molecule has 1 N–H and O–H groups in total. The van der Waals surface area contributed by atoms with E-state index in [0.717, 1.165) is 5.56 Å². The van der Waals surface area contributed by atoms with Crippen LogP contribution >= 0.6 is 23.2 Å². The number of nitrogens with zero attached hydrogens (tertiary/aromatic N) is 1. The fourth-order valence-corrected chi connectivity index (χ4v) is 1.36. The van der Waals surface area contributed by atoms with Gasteiger partial charge in [0.25, 0.3) is 0 Å². The zero-order chi connectivity index (χ0) is 10.7. The van der Waals surface area contributed by atoms with Gasteiger partial charge in [-0.3, -0.25) is 4.79 Å². The number of pyridine rings is 1. The SMILES string of the molecule is CC(CC(=O)O)c1cnc(Cl)c(Cl)c1. The van der Waals surface area contributed by atoms with Gasteiger partial charge in [-0.25, -0.2) is 4.98 Å². The number of rotatable bonds is 3. The zero-order valence-electron chi connectivity index (χ0n) is 7.50. The Kier molecular flexibility index (Phi) is 3.72. The van der Waals surface area contributed by atoms with Crippen molar-refractivity contribution in [1.82, 2.24) is 4.98 Å². The van der Waals surface area contributed by atoms with Crippen LogP contribution in [0.1, 0.15) is 24.8 Å². The molecule has 1 rings (SSSR count). The van der Waals surface area contributed by atoms with Gasteiger partial charge in [-0.2, -0.15) is 0 Å². The van der Waals surface area contributed by atoms with E-state index in [9.17, 15) is 4.79 Å². The smallest absolute Gasteiger partial charge is 0.303 e. The minimum Gasteiger partial charge on any atom is -0.481 e. The van der Waals surface area contributed by atoms with Gasteiger partial charge in [0.05, 0.1) is 11.4 Å². The van der Waals surface area contributed by atoms with Crippen LogP contribution in [0, 0.1) is 0 Å². The van der Waals surface area contributed by atoms with Gasteiger partial charge in [-0.05, 0) is 17.5 Å². The number of hydrogen-bond donors (Lipinski definition) is 1. The monoisotopic (exact) mass is 233 g/mol. The second-order valence-corrected chi connectivity index (χ2v) is 3.81. The largest absolute Gasteiger partial charge is 0.481 e. The fourth-order valence-electron chi connectivity index (χ4n) is 1.09. The second-order valence-electron chi connectivity index (χ2n) is 3.04. The van der Waals surface area contributed by atoms with E-state index >= 15 is 0 Å². The molecule has 0 fully saturated rings. The number of carbonyl (C=O) groups is 1. The summed E-state index contributed by atoms with van der Waals surface area (Å²) in [6.45, 7) is 1.80. The highest BCUT2D eigenvalue weighted by Crippen LogP contribution is 2.25. The molecule has 5 heteroatoms. The van der Waals surface area contributed by atoms with Gasteiger partial charge in [-0.1, -0.05) is 30.1 Å². The zero-order valence-corrected chi connectivity index (χ0v) is 9.01. The number of hydrogen-bond acceptors (Lipinski definition) is 2. The van der Waals surface area contributed by atoms with Gasteiger partial charge >= 0.3 is 5.97 Å². The van der Waals surface area contributed by atoms with Crippen molar-refractivity contribution >= 4 is 29.2 Å². The van der Waals surface area contributed by atoms with Crippen molar-refractivity contribution in [2.45, 2.75) is 19.3 Å². The van der Waals surface area contributed by atoms with Crippen LogP contribution in [0.2, 0.25) is 10.2 Å². The minimum absolute atomic E-state index is 0.0552. The number of halogens is 2. The molecule has 14 heavy (non-hydrogen) atoms. The van der Waals surface area contributed by atoms with E-state index in [4.69, 9.17) is 28.3 Å². The van der Waals surface area contributed by atoms with E-state index in [2.05, 4.69) is 4.98 Å². The summed E-state index contributed by atoms with van der Waals surface area (Å²) in [5.74, 6) is -0.960. The van der Waals surface area contributed by atoms with Gasteiger partial charge in [0.15, 0.2) is 0 Å². The van der Waals surface area contributed by atoms with Gasteiger partial charge < -0.3 is 5.11 Å². The van der Waals surface area contributed by atoms with E-state index in [1.807, 2.05) is 0 Å². The van der Waals surface area contributed by atoms with E-state index in [0.29, 0.717) is 5.02 Å². The highest BCUT2D eigenvalue weighted by Gasteiger charge is 2.11. The predicted molar refractivity (Wildman–Crippen MR) is 54.9 cm³/mol. The lowest BCUT2D eigenvalue weighted by atomic mass is 10.00. The Morgan fingerprint density at radius 2 is 2.29 bits per heavy atom. The van der Waals surface area contributed by atoms with Gasteiger partial charge in [0.2, 0.25) is 0 Å². The Morgan fingerprint density at radius 3 is 2.79 bits per heavy atom. The molecule has 0 aliphatic rings. The maximum atomic E-state index is 10.5. The summed E-state index contributed by atoms with van der Waals surface area (Å²) in [5, 5.41) is 9.17. The van der Waals surface area contributed by atoms with Crippen LogP contribution in [0.15, 0.2) is 12.3 Å². The molecule has 0 spiro atoms. The lowest BCUT2D eigenvalue weighted by Gasteiger charge is -2.08. The van der Waals surface area contributed by atoms with Crippen LogP contribution in [0.4, 0.5) is 0 Å². The number of aliphatic carboxylic acids is 1. The Hall–Kier alpha value is -0.800. The molecule has 1 aromatic heterocycles. The molecule has 1 atom stereocenters. The molecule has 0 saturated carbocycles. The van der Waals surface area contributed by atoms with Crippen LogP contribution < -0.4 is 0 Å². The molecule has 76 valence electrons. The first-order chi connectivity index (χ1) is 6.50. The predicted octanol–water partition coefficient (Wildman–Crippen LogP) is 2.97. The average Bonchev–Trinajstić information content (AvgIpc) is 2.08. The molecule has 0 bridgehead atoms. The molecule has 1 heterocycles. The molecule has 1 unspecified atom stereocenters. The van der Waals surface area contributed by atoms with Crippen molar-refractivity contribution in [2.24, 2.45) is 0 Å². The summed E-state index contributed by atoms with van der Waals surface area (Å²) in [6.07, 6.45) is 1.60. The number of aromatic nitrogens is 1. The molecule has 3 nitrogen and oxygen atoms in total. The van der Waals surface area contributed by atoms with Crippen molar-refractivity contribution in [3.05, 3.63) is 28.0 Å². The van der Waals surface area contributed by atoms with E-state index in [1.165, 1.54) is 0 Å². The molecular formula is C9H9Cl2NO2. The molecule has 0 radical (unpaired) electrons. The maximum Gasteiger partial charge on any atom is 0.303 e. The van der Waals surface area contributed by atoms with Crippen LogP contribution in [-0.4, -0.2) is 16.1 Å². The highest BCUT2D eigenvalue weighted by molar-refractivity contribution is 6.41. The lowest BCUT2D eigenvalue weighted by molar-refractivity contribution is -0.137. The van der Waals surface area contributed by atoms with E-state index in [1.54, 1.807) is 19.2 Å². The first kappa shape index (κ1) is 11.3. The molecule has 0 aliphatic carbocycles. The Balaban J connectivity index is 2.85. The van der Waals surface area contributed by atoms with Crippen molar-refractivity contribution < 1.29 is 9.90 Å². The van der Waals surface area contributed by atoms with Crippen molar-refractivity contribution in [3.63, 3.8) is 0 Å². The van der Waals surface area contributed by atoms with Crippen LogP contribution in [0.5, 0.6) is 0 Å². The lowest BCUT2D eigenvalue weighted by Crippen LogP contribution is -2.03. The third-order valence-corrected chi connectivity index (χ3v) is 2.55. The van der Waals surface area contributed by atoms with Gasteiger partial charge in [0, 0.05) is 6.20 Å². The van der Waals surface area contributed by atoms with Gasteiger partial charge in [-0.15, -0.1) is 0 Å².